The molecule has 0 N–H and O–H groups in total. The van der Waals surface area contributed by atoms with Gasteiger partial charge in [-0.25, -0.2) is 0 Å². The Hall–Kier alpha value is -2.29. The first kappa shape index (κ1) is 9.90. The smallest absolute Gasteiger partial charge is 0.154 e. The molecule has 0 aliphatic rings. The van der Waals surface area contributed by atoms with E-state index in [9.17, 15) is 0 Å². The summed E-state index contributed by atoms with van der Waals surface area (Å²) in [6.07, 6.45) is 3.62. The Morgan fingerprint density at radius 2 is 1.88 bits per heavy atom. The van der Waals surface area contributed by atoms with E-state index in [1.165, 1.54) is 5.56 Å². The summed E-state index contributed by atoms with van der Waals surface area (Å²) in [4.78, 5) is 0. The van der Waals surface area contributed by atoms with E-state index in [4.69, 9.17) is 4.42 Å². The minimum atomic E-state index is 0.779. The first-order valence-electron chi connectivity index (χ1n) is 5.53. The predicted molar refractivity (Wildman–Crippen MR) is 65.5 cm³/mol. The van der Waals surface area contributed by atoms with E-state index < -0.39 is 0 Å². The third-order valence-electron chi connectivity index (χ3n) is 2.60. The van der Waals surface area contributed by atoms with Crippen LogP contribution in [0, 0.1) is 0 Å². The van der Waals surface area contributed by atoms with Crippen molar-refractivity contribution < 1.29 is 4.42 Å². The molecule has 0 fully saturated rings. The Morgan fingerprint density at radius 1 is 1.00 bits per heavy atom. The van der Waals surface area contributed by atoms with Crippen LogP contribution >= 0.6 is 0 Å². The number of benzene rings is 1. The van der Waals surface area contributed by atoms with Crippen LogP contribution in [0.1, 0.15) is 5.56 Å². The van der Waals surface area contributed by atoms with E-state index in [-0.39, 0.29) is 0 Å². The molecule has 0 saturated carbocycles. The zero-order chi connectivity index (χ0) is 11.5. The molecule has 17 heavy (non-hydrogen) atoms. The van der Waals surface area contributed by atoms with E-state index >= 15 is 0 Å². The van der Waals surface area contributed by atoms with Crippen molar-refractivity contribution in [2.24, 2.45) is 0 Å². The maximum atomic E-state index is 5.31. The molecule has 0 spiro atoms. The fourth-order valence-corrected chi connectivity index (χ4v) is 1.78. The van der Waals surface area contributed by atoms with Gasteiger partial charge in [-0.3, -0.25) is 4.68 Å². The van der Waals surface area contributed by atoms with Crippen LogP contribution in [0.5, 0.6) is 0 Å². The van der Waals surface area contributed by atoms with E-state index in [1.807, 2.05) is 47.3 Å². The van der Waals surface area contributed by atoms with Crippen LogP contribution in [0.3, 0.4) is 0 Å². The lowest BCUT2D eigenvalue weighted by Gasteiger charge is -2.00. The molecule has 0 atom stereocenters. The zero-order valence-electron chi connectivity index (χ0n) is 9.28. The van der Waals surface area contributed by atoms with Gasteiger partial charge in [0, 0.05) is 6.20 Å². The van der Waals surface area contributed by atoms with Crippen molar-refractivity contribution in [1.29, 1.82) is 0 Å². The summed E-state index contributed by atoms with van der Waals surface area (Å²) in [6.45, 7) is 0.779. The third-order valence-corrected chi connectivity index (χ3v) is 2.60. The Kier molecular flexibility index (Phi) is 2.50. The van der Waals surface area contributed by atoms with E-state index in [0.29, 0.717) is 0 Å². The van der Waals surface area contributed by atoms with Crippen molar-refractivity contribution in [3.05, 3.63) is 66.6 Å². The normalized spacial score (nSPS) is 10.6. The van der Waals surface area contributed by atoms with Crippen molar-refractivity contribution in [3.8, 4) is 11.5 Å². The van der Waals surface area contributed by atoms with Gasteiger partial charge in [-0.1, -0.05) is 30.3 Å². The lowest BCUT2D eigenvalue weighted by atomic mass is 10.2. The molecule has 0 aliphatic heterocycles. The molecule has 0 radical (unpaired) electrons. The second kappa shape index (κ2) is 4.29. The largest absolute Gasteiger partial charge is 0.463 e. The van der Waals surface area contributed by atoms with E-state index in [0.717, 1.165) is 18.0 Å². The van der Waals surface area contributed by atoms with Crippen molar-refractivity contribution >= 4 is 0 Å². The van der Waals surface area contributed by atoms with Crippen LogP contribution in [0.15, 0.2) is 65.4 Å². The van der Waals surface area contributed by atoms with Gasteiger partial charge in [0.2, 0.25) is 0 Å². The average molecular weight is 224 g/mol. The third kappa shape index (κ3) is 2.13. The number of nitrogens with zero attached hydrogens (tertiary/aromatic N) is 2. The average Bonchev–Trinajstić information content (AvgIpc) is 3.00. The molecule has 3 rings (SSSR count). The highest BCUT2D eigenvalue weighted by Gasteiger charge is 2.04. The lowest BCUT2D eigenvalue weighted by molar-refractivity contribution is 0.576. The van der Waals surface area contributed by atoms with Crippen LogP contribution in [0.4, 0.5) is 0 Å². The van der Waals surface area contributed by atoms with Crippen molar-refractivity contribution in [2.75, 3.05) is 0 Å². The summed E-state index contributed by atoms with van der Waals surface area (Å²) in [6, 6.07) is 16.0. The van der Waals surface area contributed by atoms with Crippen molar-refractivity contribution in [3.63, 3.8) is 0 Å². The first-order valence-corrected chi connectivity index (χ1v) is 5.53. The van der Waals surface area contributed by atoms with Gasteiger partial charge in [0.15, 0.2) is 5.76 Å². The molecule has 0 aliphatic carbocycles. The molecule has 3 heteroatoms. The van der Waals surface area contributed by atoms with Crippen molar-refractivity contribution in [2.45, 2.75) is 6.54 Å². The molecule has 0 bridgehead atoms. The molecule has 3 nitrogen and oxygen atoms in total. The molecule has 3 aromatic rings. The van der Waals surface area contributed by atoms with Gasteiger partial charge in [-0.05, 0) is 23.8 Å². The Labute approximate surface area is 99.3 Å². The number of furan rings is 1. The summed E-state index contributed by atoms with van der Waals surface area (Å²) >= 11 is 0. The summed E-state index contributed by atoms with van der Waals surface area (Å²) in [7, 11) is 0. The minimum absolute atomic E-state index is 0.779. The molecular weight excluding hydrogens is 212 g/mol. The molecule has 0 saturated heterocycles. The summed E-state index contributed by atoms with van der Waals surface area (Å²) in [5, 5.41) is 4.47. The fraction of sp³-hybridized carbons (Fsp3) is 0.0714. The second-order valence-electron chi connectivity index (χ2n) is 3.86. The van der Waals surface area contributed by atoms with E-state index in [1.54, 1.807) is 6.26 Å². The standard InChI is InChI=1S/C14H12N2O/c1-2-5-12(6-3-1)11-16-9-8-13(15-16)14-7-4-10-17-14/h1-10H,11H2. The molecule has 0 amide bonds. The topological polar surface area (TPSA) is 31.0 Å². The minimum Gasteiger partial charge on any atom is -0.463 e. The van der Waals surface area contributed by atoms with Crippen LogP contribution in [0.2, 0.25) is 0 Å². The second-order valence-corrected chi connectivity index (χ2v) is 3.86. The predicted octanol–water partition coefficient (Wildman–Crippen LogP) is 3.19. The van der Waals surface area contributed by atoms with Crippen LogP contribution < -0.4 is 0 Å². The first-order chi connectivity index (χ1) is 8.42. The van der Waals surface area contributed by atoms with Gasteiger partial charge in [-0.15, -0.1) is 0 Å². The van der Waals surface area contributed by atoms with Crippen LogP contribution in [-0.4, -0.2) is 9.78 Å². The van der Waals surface area contributed by atoms with Crippen LogP contribution in [-0.2, 0) is 6.54 Å². The Morgan fingerprint density at radius 3 is 2.65 bits per heavy atom. The highest BCUT2D eigenvalue weighted by Crippen LogP contribution is 2.17. The van der Waals surface area contributed by atoms with Gasteiger partial charge < -0.3 is 4.42 Å². The van der Waals surface area contributed by atoms with Crippen LogP contribution in [0.25, 0.3) is 11.5 Å². The fourth-order valence-electron chi connectivity index (χ4n) is 1.78. The van der Waals surface area contributed by atoms with Gasteiger partial charge in [0.05, 0.1) is 12.8 Å². The van der Waals surface area contributed by atoms with Gasteiger partial charge >= 0.3 is 0 Å². The number of hydrogen-bond donors (Lipinski definition) is 0. The maximum absolute atomic E-state index is 5.31. The molecular formula is C14H12N2O. The van der Waals surface area contributed by atoms with Crippen molar-refractivity contribution in [1.82, 2.24) is 9.78 Å². The monoisotopic (exact) mass is 224 g/mol. The van der Waals surface area contributed by atoms with Gasteiger partial charge in [-0.2, -0.15) is 5.10 Å². The molecule has 2 aromatic heterocycles. The quantitative estimate of drug-likeness (QED) is 0.684. The molecule has 1 aromatic carbocycles. The lowest BCUT2D eigenvalue weighted by Crippen LogP contribution is -1.99. The highest BCUT2D eigenvalue weighted by atomic mass is 16.3. The summed E-state index contributed by atoms with van der Waals surface area (Å²) in [5.41, 5.74) is 2.10. The SMILES string of the molecule is c1ccc(Cn2ccc(-c3ccco3)n2)cc1. The Bertz CT molecular complexity index is 582. The molecule has 84 valence electrons. The van der Waals surface area contributed by atoms with Gasteiger partial charge in [0.25, 0.3) is 0 Å². The summed E-state index contributed by atoms with van der Waals surface area (Å²) in [5.74, 6) is 0.803. The number of hydrogen-bond acceptors (Lipinski definition) is 2. The zero-order valence-corrected chi connectivity index (χ0v) is 9.28. The highest BCUT2D eigenvalue weighted by molar-refractivity contribution is 5.50. The van der Waals surface area contributed by atoms with E-state index in [2.05, 4.69) is 17.2 Å². The molecule has 2 heterocycles. The Balaban J connectivity index is 1.82. The number of rotatable bonds is 3. The summed E-state index contributed by atoms with van der Waals surface area (Å²) < 4.78 is 7.22. The molecule has 0 unspecified atom stereocenters. The number of aromatic nitrogens is 2. The maximum Gasteiger partial charge on any atom is 0.154 e. The van der Waals surface area contributed by atoms with Gasteiger partial charge in [0.1, 0.15) is 5.69 Å².